The van der Waals surface area contributed by atoms with Crippen LogP contribution >= 0.6 is 15.9 Å². The van der Waals surface area contributed by atoms with Crippen LogP contribution in [0.1, 0.15) is 10.5 Å². The van der Waals surface area contributed by atoms with E-state index in [9.17, 15) is 9.90 Å². The third-order valence-corrected chi connectivity index (χ3v) is 3.72. The smallest absolute Gasteiger partial charge is 0.271 e. The molecular weight excluding hydrogens is 348 g/mol. The van der Waals surface area contributed by atoms with E-state index < -0.39 is 5.91 Å². The van der Waals surface area contributed by atoms with Crippen LogP contribution in [-0.2, 0) is 0 Å². The Hall–Kier alpha value is -2.60. The highest BCUT2D eigenvalue weighted by molar-refractivity contribution is 9.10. The van der Waals surface area contributed by atoms with Crippen molar-refractivity contribution in [3.8, 4) is 17.2 Å². The van der Waals surface area contributed by atoms with Gasteiger partial charge in [-0.2, -0.15) is 0 Å². The maximum Gasteiger partial charge on any atom is 0.271 e. The lowest BCUT2D eigenvalue weighted by Gasteiger charge is -2.10. The molecule has 0 unspecified atom stereocenters. The summed E-state index contributed by atoms with van der Waals surface area (Å²) in [6, 6.07) is 14.4. The lowest BCUT2D eigenvalue weighted by Crippen LogP contribution is -2.13. The van der Waals surface area contributed by atoms with Crippen molar-refractivity contribution in [1.29, 1.82) is 0 Å². The maximum atomic E-state index is 11.3. The number of nitrogens with zero attached hydrogens (tertiary/aromatic N) is 1. The molecule has 0 radical (unpaired) electrons. The summed E-state index contributed by atoms with van der Waals surface area (Å²) in [5.41, 5.74) is 5.03. The zero-order valence-electron chi connectivity index (χ0n) is 11.3. The van der Waals surface area contributed by atoms with E-state index >= 15 is 0 Å². The van der Waals surface area contributed by atoms with Gasteiger partial charge in [-0.15, -0.1) is 0 Å². The molecule has 22 heavy (non-hydrogen) atoms. The molecule has 1 heterocycles. The van der Waals surface area contributed by atoms with Crippen LogP contribution in [0, 0.1) is 0 Å². The van der Waals surface area contributed by atoms with Crippen molar-refractivity contribution in [3.05, 3.63) is 58.8 Å². The number of benzene rings is 2. The number of primary amides is 1. The molecule has 0 fully saturated rings. The standard InChI is InChI=1S/C16H11BrN2O3/c17-15-12-8-10(22-9-4-2-1-3-5-9)6-7-11(12)14(20)13(19-15)16(18)21/h1-8,20H,(H2,18,21). The van der Waals surface area contributed by atoms with Crippen molar-refractivity contribution in [3.63, 3.8) is 0 Å². The summed E-state index contributed by atoms with van der Waals surface area (Å²) in [5.74, 6) is 0.262. The summed E-state index contributed by atoms with van der Waals surface area (Å²) in [6.07, 6.45) is 0. The summed E-state index contributed by atoms with van der Waals surface area (Å²) >= 11 is 3.28. The van der Waals surface area contributed by atoms with Crippen LogP contribution in [0.2, 0.25) is 0 Å². The Bertz CT molecular complexity index is 866. The predicted molar refractivity (Wildman–Crippen MR) is 86.1 cm³/mol. The second kappa shape index (κ2) is 5.65. The molecule has 0 aliphatic carbocycles. The Balaban J connectivity index is 2.09. The van der Waals surface area contributed by atoms with Gasteiger partial charge < -0.3 is 15.6 Å². The van der Waals surface area contributed by atoms with Crippen LogP contribution < -0.4 is 10.5 Å². The monoisotopic (exact) mass is 358 g/mol. The molecule has 6 heteroatoms. The number of hydrogen-bond donors (Lipinski definition) is 2. The second-order valence-corrected chi connectivity index (χ2v) is 5.34. The molecule has 3 rings (SSSR count). The topological polar surface area (TPSA) is 85.4 Å². The summed E-state index contributed by atoms with van der Waals surface area (Å²) in [6.45, 7) is 0. The first-order valence-electron chi connectivity index (χ1n) is 6.41. The average Bonchev–Trinajstić information content (AvgIpc) is 2.51. The number of pyridine rings is 1. The van der Waals surface area contributed by atoms with Gasteiger partial charge in [0.05, 0.1) is 0 Å². The number of nitrogens with two attached hydrogens (primary N) is 1. The molecule has 1 amide bonds. The lowest BCUT2D eigenvalue weighted by molar-refractivity contribution is 0.0993. The highest BCUT2D eigenvalue weighted by atomic mass is 79.9. The van der Waals surface area contributed by atoms with Crippen molar-refractivity contribution in [2.75, 3.05) is 0 Å². The number of halogens is 1. The van der Waals surface area contributed by atoms with Crippen molar-refractivity contribution in [2.24, 2.45) is 5.73 Å². The Kier molecular flexibility index (Phi) is 3.68. The zero-order valence-corrected chi connectivity index (χ0v) is 12.9. The Morgan fingerprint density at radius 2 is 1.82 bits per heavy atom. The number of carbonyl (C=O) groups is 1. The first-order chi connectivity index (χ1) is 10.6. The van der Waals surface area contributed by atoms with E-state index in [4.69, 9.17) is 10.5 Å². The number of hydrogen-bond acceptors (Lipinski definition) is 4. The molecule has 0 bridgehead atoms. The molecule has 3 N–H and O–H groups in total. The van der Waals surface area contributed by atoms with Crippen molar-refractivity contribution >= 4 is 32.6 Å². The summed E-state index contributed by atoms with van der Waals surface area (Å²) in [7, 11) is 0. The number of rotatable bonds is 3. The van der Waals surface area contributed by atoms with E-state index in [1.807, 2.05) is 30.3 Å². The number of aromatic nitrogens is 1. The first kappa shape index (κ1) is 14.3. The van der Waals surface area contributed by atoms with Gasteiger partial charge in [0, 0.05) is 10.8 Å². The molecule has 2 aromatic carbocycles. The van der Waals surface area contributed by atoms with E-state index in [2.05, 4.69) is 20.9 Å². The molecular formula is C16H11BrN2O3. The normalized spacial score (nSPS) is 10.6. The first-order valence-corrected chi connectivity index (χ1v) is 7.20. The van der Waals surface area contributed by atoms with Gasteiger partial charge in [0.1, 0.15) is 16.1 Å². The second-order valence-electron chi connectivity index (χ2n) is 4.59. The van der Waals surface area contributed by atoms with Gasteiger partial charge in [0.25, 0.3) is 5.91 Å². The molecule has 1 aromatic heterocycles. The molecule has 0 aliphatic rings. The largest absolute Gasteiger partial charge is 0.505 e. The lowest BCUT2D eigenvalue weighted by atomic mass is 10.1. The fourth-order valence-electron chi connectivity index (χ4n) is 2.10. The van der Waals surface area contributed by atoms with E-state index in [0.29, 0.717) is 26.9 Å². The summed E-state index contributed by atoms with van der Waals surface area (Å²) < 4.78 is 6.15. The van der Waals surface area contributed by atoms with Crippen LogP contribution in [0.5, 0.6) is 17.2 Å². The van der Waals surface area contributed by atoms with E-state index in [-0.39, 0.29) is 11.4 Å². The zero-order chi connectivity index (χ0) is 15.7. The van der Waals surface area contributed by atoms with Gasteiger partial charge in [-0.05, 0) is 46.3 Å². The van der Waals surface area contributed by atoms with Gasteiger partial charge in [-0.1, -0.05) is 18.2 Å². The van der Waals surface area contributed by atoms with Crippen LogP contribution in [0.3, 0.4) is 0 Å². The van der Waals surface area contributed by atoms with Gasteiger partial charge in [0.15, 0.2) is 11.4 Å². The SMILES string of the molecule is NC(=O)c1nc(Br)c2cc(Oc3ccccc3)ccc2c1O. The molecule has 0 spiro atoms. The molecule has 0 aliphatic heterocycles. The van der Waals surface area contributed by atoms with Crippen LogP contribution in [0.15, 0.2) is 53.1 Å². The Morgan fingerprint density at radius 1 is 1.09 bits per heavy atom. The number of fused-ring (bicyclic) bond motifs is 1. The number of ether oxygens (including phenoxy) is 1. The van der Waals surface area contributed by atoms with Crippen molar-refractivity contribution in [2.45, 2.75) is 0 Å². The molecule has 110 valence electrons. The van der Waals surface area contributed by atoms with Gasteiger partial charge >= 0.3 is 0 Å². The molecule has 0 saturated carbocycles. The summed E-state index contributed by atoms with van der Waals surface area (Å²) in [5, 5.41) is 11.2. The Labute approximate surface area is 134 Å². The number of aromatic hydroxyl groups is 1. The minimum atomic E-state index is -0.787. The average molecular weight is 359 g/mol. The van der Waals surface area contributed by atoms with Crippen molar-refractivity contribution < 1.29 is 14.6 Å². The molecule has 0 atom stereocenters. The minimum absolute atomic E-state index is 0.170. The highest BCUT2D eigenvalue weighted by Gasteiger charge is 2.16. The fourth-order valence-corrected chi connectivity index (χ4v) is 2.60. The number of amides is 1. The maximum absolute atomic E-state index is 11.3. The van der Waals surface area contributed by atoms with Crippen LogP contribution in [0.25, 0.3) is 10.8 Å². The van der Waals surface area contributed by atoms with Gasteiger partial charge in [0.2, 0.25) is 0 Å². The fraction of sp³-hybridized carbons (Fsp3) is 0. The van der Waals surface area contributed by atoms with Crippen molar-refractivity contribution in [1.82, 2.24) is 4.98 Å². The van der Waals surface area contributed by atoms with E-state index in [0.717, 1.165) is 0 Å². The number of para-hydroxylation sites is 1. The van der Waals surface area contributed by atoms with E-state index in [1.54, 1.807) is 18.2 Å². The molecule has 3 aromatic rings. The van der Waals surface area contributed by atoms with Gasteiger partial charge in [-0.25, -0.2) is 4.98 Å². The third kappa shape index (κ3) is 2.60. The molecule has 0 saturated heterocycles. The number of carbonyl (C=O) groups excluding carboxylic acids is 1. The predicted octanol–water partition coefficient (Wildman–Crippen LogP) is 3.59. The molecule has 5 nitrogen and oxygen atoms in total. The minimum Gasteiger partial charge on any atom is -0.505 e. The van der Waals surface area contributed by atoms with Crippen LogP contribution in [0.4, 0.5) is 0 Å². The Morgan fingerprint density at radius 3 is 2.50 bits per heavy atom. The third-order valence-electron chi connectivity index (χ3n) is 3.11. The summed E-state index contributed by atoms with van der Waals surface area (Å²) in [4.78, 5) is 15.3. The van der Waals surface area contributed by atoms with E-state index in [1.165, 1.54) is 0 Å². The highest BCUT2D eigenvalue weighted by Crippen LogP contribution is 2.35. The van der Waals surface area contributed by atoms with Gasteiger partial charge in [-0.3, -0.25) is 4.79 Å². The van der Waals surface area contributed by atoms with Crippen LogP contribution in [-0.4, -0.2) is 16.0 Å². The quantitative estimate of drug-likeness (QED) is 0.700.